The van der Waals surface area contributed by atoms with Crippen LogP contribution in [0.1, 0.15) is 78.0 Å². The second-order valence-corrected chi connectivity index (χ2v) is 9.01. The van der Waals surface area contributed by atoms with Crippen LogP contribution >= 0.6 is 0 Å². The number of hydrogen-bond donors (Lipinski definition) is 2. The molecular weight excluding hydrogens is 394 g/mol. The van der Waals surface area contributed by atoms with Crippen LogP contribution in [0.15, 0.2) is 24.3 Å². The van der Waals surface area contributed by atoms with Gasteiger partial charge in [0, 0.05) is 12.6 Å². The molecule has 0 aliphatic heterocycles. The monoisotopic (exact) mass is 433 g/mol. The van der Waals surface area contributed by atoms with E-state index >= 15 is 0 Å². The second kappa shape index (κ2) is 12.3. The summed E-state index contributed by atoms with van der Waals surface area (Å²) < 4.78 is 5.22. The van der Waals surface area contributed by atoms with E-state index in [-0.39, 0.29) is 24.4 Å². The quantitative estimate of drug-likeness (QED) is 0.544. The van der Waals surface area contributed by atoms with E-state index in [1.165, 1.54) is 4.90 Å². The lowest BCUT2D eigenvalue weighted by Crippen LogP contribution is -2.50. The SMILES string of the molecule is CCCCCNC(=O)C(c1ccccc1C)N(C(=O)CNC(=O)OC(C)(C)C)C(C)C. The molecule has 0 aliphatic carbocycles. The Balaban J connectivity index is 3.09. The first-order valence-electron chi connectivity index (χ1n) is 11.1. The van der Waals surface area contributed by atoms with Crippen LogP contribution in [0.4, 0.5) is 4.79 Å². The highest BCUT2D eigenvalue weighted by Gasteiger charge is 2.34. The topological polar surface area (TPSA) is 87.7 Å². The molecule has 2 N–H and O–H groups in total. The number of rotatable bonds is 10. The summed E-state index contributed by atoms with van der Waals surface area (Å²) in [5.74, 6) is -0.567. The van der Waals surface area contributed by atoms with Gasteiger partial charge in [-0.1, -0.05) is 44.0 Å². The van der Waals surface area contributed by atoms with Gasteiger partial charge in [0.05, 0.1) is 0 Å². The lowest BCUT2D eigenvalue weighted by molar-refractivity contribution is -0.142. The highest BCUT2D eigenvalue weighted by Crippen LogP contribution is 2.26. The third-order valence-electron chi connectivity index (χ3n) is 4.72. The first-order chi connectivity index (χ1) is 14.5. The molecule has 1 atom stereocenters. The van der Waals surface area contributed by atoms with Crippen molar-refractivity contribution in [2.24, 2.45) is 0 Å². The second-order valence-electron chi connectivity index (χ2n) is 9.01. The minimum absolute atomic E-state index is 0.218. The highest BCUT2D eigenvalue weighted by atomic mass is 16.6. The number of carbonyl (C=O) groups excluding carboxylic acids is 3. The molecule has 0 saturated carbocycles. The van der Waals surface area contributed by atoms with Crippen molar-refractivity contribution in [2.75, 3.05) is 13.1 Å². The zero-order valence-electron chi connectivity index (χ0n) is 20.1. The predicted octanol–water partition coefficient (Wildman–Crippen LogP) is 4.10. The summed E-state index contributed by atoms with van der Waals surface area (Å²) in [6.45, 7) is 13.3. The van der Waals surface area contributed by atoms with E-state index in [4.69, 9.17) is 4.74 Å². The van der Waals surface area contributed by atoms with Gasteiger partial charge in [-0.25, -0.2) is 4.79 Å². The molecule has 1 unspecified atom stereocenters. The molecule has 0 aliphatic rings. The average Bonchev–Trinajstić information content (AvgIpc) is 2.66. The van der Waals surface area contributed by atoms with Crippen LogP contribution in [-0.4, -0.2) is 47.5 Å². The molecule has 0 saturated heterocycles. The van der Waals surface area contributed by atoms with E-state index in [0.717, 1.165) is 30.4 Å². The van der Waals surface area contributed by atoms with Gasteiger partial charge >= 0.3 is 6.09 Å². The van der Waals surface area contributed by atoms with Crippen molar-refractivity contribution >= 4 is 17.9 Å². The number of aryl methyl sites for hydroxylation is 1. The molecule has 0 fully saturated rings. The molecular formula is C24H39N3O4. The van der Waals surface area contributed by atoms with Crippen molar-refractivity contribution < 1.29 is 19.1 Å². The maximum absolute atomic E-state index is 13.2. The number of nitrogens with one attached hydrogen (secondary N) is 2. The minimum Gasteiger partial charge on any atom is -0.444 e. The Labute approximate surface area is 186 Å². The van der Waals surface area contributed by atoms with Gasteiger partial charge in [0.25, 0.3) is 0 Å². The Morgan fingerprint density at radius 3 is 2.26 bits per heavy atom. The number of hydrogen-bond acceptors (Lipinski definition) is 4. The number of nitrogens with zero attached hydrogens (tertiary/aromatic N) is 1. The molecule has 0 bridgehead atoms. The lowest BCUT2D eigenvalue weighted by atomic mass is 9.97. The molecule has 7 nitrogen and oxygen atoms in total. The van der Waals surface area contributed by atoms with E-state index in [1.54, 1.807) is 20.8 Å². The fraction of sp³-hybridized carbons (Fsp3) is 0.625. The first-order valence-corrected chi connectivity index (χ1v) is 11.1. The van der Waals surface area contributed by atoms with Crippen LogP contribution in [0.25, 0.3) is 0 Å². The van der Waals surface area contributed by atoms with Crippen LogP contribution in [0, 0.1) is 6.92 Å². The van der Waals surface area contributed by atoms with Gasteiger partial charge in [0.15, 0.2) is 0 Å². The fourth-order valence-corrected chi connectivity index (χ4v) is 3.28. The first kappa shape index (κ1) is 26.5. The number of amides is 3. The summed E-state index contributed by atoms with van der Waals surface area (Å²) in [5, 5.41) is 5.49. The molecule has 174 valence electrons. The molecule has 0 heterocycles. The predicted molar refractivity (Wildman–Crippen MR) is 123 cm³/mol. The Morgan fingerprint density at radius 1 is 1.06 bits per heavy atom. The van der Waals surface area contributed by atoms with E-state index in [0.29, 0.717) is 6.54 Å². The third kappa shape index (κ3) is 8.99. The van der Waals surface area contributed by atoms with Crippen LogP contribution in [0.3, 0.4) is 0 Å². The molecule has 1 aromatic rings. The molecule has 0 aromatic heterocycles. The van der Waals surface area contributed by atoms with Crippen molar-refractivity contribution in [3.63, 3.8) is 0 Å². The third-order valence-corrected chi connectivity index (χ3v) is 4.72. The zero-order chi connectivity index (χ0) is 23.6. The number of unbranched alkanes of at least 4 members (excludes halogenated alkanes) is 2. The summed E-state index contributed by atoms with van der Waals surface area (Å²) in [6, 6.07) is 6.53. The fourth-order valence-electron chi connectivity index (χ4n) is 3.28. The lowest BCUT2D eigenvalue weighted by Gasteiger charge is -2.35. The van der Waals surface area contributed by atoms with E-state index in [1.807, 2.05) is 45.0 Å². The highest BCUT2D eigenvalue weighted by molar-refractivity contribution is 5.90. The number of benzene rings is 1. The van der Waals surface area contributed by atoms with E-state index in [2.05, 4.69) is 17.6 Å². The van der Waals surface area contributed by atoms with Crippen molar-refractivity contribution in [3.05, 3.63) is 35.4 Å². The van der Waals surface area contributed by atoms with Gasteiger partial charge in [0.2, 0.25) is 11.8 Å². The number of alkyl carbamates (subject to hydrolysis) is 1. The molecule has 3 amide bonds. The van der Waals surface area contributed by atoms with Crippen LogP contribution in [0.5, 0.6) is 0 Å². The number of carbonyl (C=O) groups is 3. The van der Waals surface area contributed by atoms with Crippen molar-refractivity contribution in [3.8, 4) is 0 Å². The van der Waals surface area contributed by atoms with Gasteiger partial charge in [-0.2, -0.15) is 0 Å². The maximum Gasteiger partial charge on any atom is 0.408 e. The van der Waals surface area contributed by atoms with Gasteiger partial charge in [-0.3, -0.25) is 9.59 Å². The van der Waals surface area contributed by atoms with Gasteiger partial charge in [-0.05, 0) is 59.1 Å². The van der Waals surface area contributed by atoms with Crippen LogP contribution < -0.4 is 10.6 Å². The Bertz CT molecular complexity index is 741. The summed E-state index contributed by atoms with van der Waals surface area (Å²) in [6.07, 6.45) is 2.31. The van der Waals surface area contributed by atoms with Crippen LogP contribution in [0.2, 0.25) is 0 Å². The standard InChI is InChI=1S/C24H39N3O4/c1-8-9-12-15-25-22(29)21(19-14-11-10-13-18(19)4)27(17(2)3)20(28)16-26-23(30)31-24(5,6)7/h10-11,13-14,17,21H,8-9,12,15-16H2,1-7H3,(H,25,29)(H,26,30). The Kier molecular flexibility index (Phi) is 10.5. The van der Waals surface area contributed by atoms with Crippen molar-refractivity contribution in [1.29, 1.82) is 0 Å². The summed E-state index contributed by atoms with van der Waals surface area (Å²) in [4.78, 5) is 39.9. The van der Waals surface area contributed by atoms with Gasteiger partial charge < -0.3 is 20.3 Å². The molecule has 1 aromatic carbocycles. The Hall–Kier alpha value is -2.57. The average molecular weight is 434 g/mol. The zero-order valence-corrected chi connectivity index (χ0v) is 20.1. The molecule has 1 rings (SSSR count). The summed E-state index contributed by atoms with van der Waals surface area (Å²) >= 11 is 0. The van der Waals surface area contributed by atoms with Crippen LogP contribution in [-0.2, 0) is 14.3 Å². The number of ether oxygens (including phenoxy) is 1. The van der Waals surface area contributed by atoms with Crippen molar-refractivity contribution in [1.82, 2.24) is 15.5 Å². The van der Waals surface area contributed by atoms with E-state index < -0.39 is 17.7 Å². The van der Waals surface area contributed by atoms with Crippen molar-refractivity contribution in [2.45, 2.75) is 85.4 Å². The molecule has 0 radical (unpaired) electrons. The normalized spacial score (nSPS) is 12.3. The molecule has 31 heavy (non-hydrogen) atoms. The smallest absolute Gasteiger partial charge is 0.408 e. The minimum atomic E-state index is -0.782. The molecule has 0 spiro atoms. The summed E-state index contributed by atoms with van der Waals surface area (Å²) in [7, 11) is 0. The van der Waals surface area contributed by atoms with E-state index in [9.17, 15) is 14.4 Å². The summed E-state index contributed by atoms with van der Waals surface area (Å²) in [5.41, 5.74) is 1.04. The Morgan fingerprint density at radius 2 is 1.71 bits per heavy atom. The molecule has 7 heteroatoms. The van der Waals surface area contributed by atoms with Gasteiger partial charge in [-0.15, -0.1) is 0 Å². The largest absolute Gasteiger partial charge is 0.444 e. The maximum atomic E-state index is 13.2. The van der Waals surface area contributed by atoms with Gasteiger partial charge in [0.1, 0.15) is 18.2 Å².